The minimum atomic E-state index is 0.860. The summed E-state index contributed by atoms with van der Waals surface area (Å²) < 4.78 is 0. The molecule has 112 valence electrons. The summed E-state index contributed by atoms with van der Waals surface area (Å²) in [5.41, 5.74) is 2.34. The zero-order valence-electron chi connectivity index (χ0n) is 13.2. The van der Waals surface area contributed by atoms with Crippen LogP contribution < -0.4 is 10.2 Å². The van der Waals surface area contributed by atoms with Crippen molar-refractivity contribution < 1.29 is 0 Å². The highest BCUT2D eigenvalue weighted by molar-refractivity contribution is 5.33. The van der Waals surface area contributed by atoms with Crippen molar-refractivity contribution in [3.8, 4) is 0 Å². The van der Waals surface area contributed by atoms with Gasteiger partial charge >= 0.3 is 0 Å². The SMILES string of the molecule is CCc1cc(CC)nc(N2CCC(CCNC)CC2)n1. The smallest absolute Gasteiger partial charge is 0.225 e. The number of nitrogens with one attached hydrogen (secondary N) is 1. The lowest BCUT2D eigenvalue weighted by atomic mass is 9.94. The van der Waals surface area contributed by atoms with E-state index in [1.165, 1.54) is 30.7 Å². The van der Waals surface area contributed by atoms with Crippen LogP contribution in [0.5, 0.6) is 0 Å². The molecule has 4 nitrogen and oxygen atoms in total. The molecule has 20 heavy (non-hydrogen) atoms. The molecule has 0 unspecified atom stereocenters. The predicted molar refractivity (Wildman–Crippen MR) is 84.3 cm³/mol. The van der Waals surface area contributed by atoms with Gasteiger partial charge in [-0.25, -0.2) is 9.97 Å². The Morgan fingerprint density at radius 3 is 2.25 bits per heavy atom. The van der Waals surface area contributed by atoms with Gasteiger partial charge in [-0.3, -0.25) is 0 Å². The third-order valence-corrected chi connectivity index (χ3v) is 4.24. The second kappa shape index (κ2) is 7.58. The van der Waals surface area contributed by atoms with Gasteiger partial charge in [0.15, 0.2) is 0 Å². The van der Waals surface area contributed by atoms with E-state index in [2.05, 4.69) is 30.1 Å². The van der Waals surface area contributed by atoms with Gasteiger partial charge in [-0.2, -0.15) is 0 Å². The predicted octanol–water partition coefficient (Wildman–Crippen LogP) is 2.43. The van der Waals surface area contributed by atoms with Gasteiger partial charge in [0.1, 0.15) is 0 Å². The van der Waals surface area contributed by atoms with Crippen molar-refractivity contribution in [1.29, 1.82) is 0 Å². The second-order valence-corrected chi connectivity index (χ2v) is 5.68. The molecule has 1 aromatic rings. The van der Waals surface area contributed by atoms with E-state index in [9.17, 15) is 0 Å². The first-order valence-corrected chi connectivity index (χ1v) is 8.03. The molecule has 1 saturated heterocycles. The van der Waals surface area contributed by atoms with Crippen molar-refractivity contribution in [3.05, 3.63) is 17.5 Å². The summed E-state index contributed by atoms with van der Waals surface area (Å²) in [7, 11) is 2.03. The van der Waals surface area contributed by atoms with E-state index in [-0.39, 0.29) is 0 Å². The fourth-order valence-electron chi connectivity index (χ4n) is 2.81. The molecule has 2 heterocycles. The number of anilines is 1. The molecule has 0 bridgehead atoms. The molecule has 1 N–H and O–H groups in total. The van der Waals surface area contributed by atoms with Crippen LogP contribution in [0.4, 0.5) is 5.95 Å². The summed E-state index contributed by atoms with van der Waals surface area (Å²) in [6.45, 7) is 7.66. The molecule has 0 atom stereocenters. The van der Waals surface area contributed by atoms with E-state index in [4.69, 9.17) is 9.97 Å². The zero-order chi connectivity index (χ0) is 14.4. The van der Waals surface area contributed by atoms with Gasteiger partial charge in [-0.15, -0.1) is 0 Å². The van der Waals surface area contributed by atoms with Crippen LogP contribution >= 0.6 is 0 Å². The second-order valence-electron chi connectivity index (χ2n) is 5.68. The first-order valence-electron chi connectivity index (χ1n) is 8.03. The number of hydrogen-bond donors (Lipinski definition) is 1. The van der Waals surface area contributed by atoms with E-state index >= 15 is 0 Å². The Kier molecular flexibility index (Phi) is 5.77. The van der Waals surface area contributed by atoms with Crippen LogP contribution in [0.1, 0.15) is 44.5 Å². The maximum atomic E-state index is 4.71. The van der Waals surface area contributed by atoms with E-state index < -0.39 is 0 Å². The Hall–Kier alpha value is -1.16. The van der Waals surface area contributed by atoms with Gasteiger partial charge < -0.3 is 10.2 Å². The molecule has 1 fully saturated rings. The molecular weight excluding hydrogens is 248 g/mol. The lowest BCUT2D eigenvalue weighted by Gasteiger charge is -2.32. The number of aromatic nitrogens is 2. The van der Waals surface area contributed by atoms with Gasteiger partial charge in [-0.1, -0.05) is 13.8 Å². The summed E-state index contributed by atoms with van der Waals surface area (Å²) >= 11 is 0. The van der Waals surface area contributed by atoms with Crippen LogP contribution in [-0.4, -0.2) is 36.6 Å². The Balaban J connectivity index is 1.99. The summed E-state index contributed by atoms with van der Waals surface area (Å²) in [6.07, 6.45) is 5.80. The average molecular weight is 276 g/mol. The number of hydrogen-bond acceptors (Lipinski definition) is 4. The summed E-state index contributed by atoms with van der Waals surface area (Å²) in [6, 6.07) is 2.14. The minimum Gasteiger partial charge on any atom is -0.341 e. The monoisotopic (exact) mass is 276 g/mol. The van der Waals surface area contributed by atoms with Gasteiger partial charge in [0, 0.05) is 24.5 Å². The minimum absolute atomic E-state index is 0.860. The first-order chi connectivity index (χ1) is 9.76. The molecule has 2 rings (SSSR count). The molecule has 0 amide bonds. The zero-order valence-corrected chi connectivity index (χ0v) is 13.2. The fraction of sp³-hybridized carbons (Fsp3) is 0.750. The summed E-state index contributed by atoms with van der Waals surface area (Å²) in [5, 5.41) is 3.25. The van der Waals surface area contributed by atoms with E-state index in [0.29, 0.717) is 0 Å². The quantitative estimate of drug-likeness (QED) is 0.866. The maximum absolute atomic E-state index is 4.71. The molecule has 0 aromatic carbocycles. The highest BCUT2D eigenvalue weighted by Gasteiger charge is 2.21. The van der Waals surface area contributed by atoms with Gasteiger partial charge in [0.25, 0.3) is 0 Å². The van der Waals surface area contributed by atoms with E-state index in [1.54, 1.807) is 0 Å². The topological polar surface area (TPSA) is 41.1 Å². The standard InChI is InChI=1S/C16H28N4/c1-4-14-12-15(5-2)19-16(18-14)20-10-7-13(8-11-20)6-9-17-3/h12-13,17H,4-11H2,1-3H3. The fourth-order valence-corrected chi connectivity index (χ4v) is 2.81. The summed E-state index contributed by atoms with van der Waals surface area (Å²) in [4.78, 5) is 11.8. The van der Waals surface area contributed by atoms with Crippen molar-refractivity contribution in [2.45, 2.75) is 46.0 Å². The Morgan fingerprint density at radius 1 is 1.15 bits per heavy atom. The molecule has 1 aliphatic heterocycles. The van der Waals surface area contributed by atoms with Crippen LogP contribution in [0.25, 0.3) is 0 Å². The lowest BCUT2D eigenvalue weighted by Crippen LogP contribution is -2.35. The van der Waals surface area contributed by atoms with Gasteiger partial charge in [-0.05, 0) is 57.7 Å². The third kappa shape index (κ3) is 3.92. The van der Waals surface area contributed by atoms with Crippen molar-refractivity contribution >= 4 is 5.95 Å². The number of piperidine rings is 1. The van der Waals surface area contributed by atoms with E-state index in [1.807, 2.05) is 7.05 Å². The Morgan fingerprint density at radius 2 is 1.75 bits per heavy atom. The van der Waals surface area contributed by atoms with Crippen LogP contribution in [-0.2, 0) is 12.8 Å². The average Bonchev–Trinajstić information content (AvgIpc) is 2.52. The van der Waals surface area contributed by atoms with Crippen molar-refractivity contribution in [3.63, 3.8) is 0 Å². The Labute approximate surface area is 123 Å². The molecular formula is C16H28N4. The maximum Gasteiger partial charge on any atom is 0.225 e. The van der Waals surface area contributed by atoms with E-state index in [0.717, 1.165) is 44.3 Å². The van der Waals surface area contributed by atoms with Crippen molar-refractivity contribution in [2.24, 2.45) is 5.92 Å². The molecule has 1 aromatic heterocycles. The molecule has 0 radical (unpaired) electrons. The summed E-state index contributed by atoms with van der Waals surface area (Å²) in [5.74, 6) is 1.81. The molecule has 0 spiro atoms. The first kappa shape index (κ1) is 15.2. The molecule has 4 heteroatoms. The van der Waals surface area contributed by atoms with Crippen molar-refractivity contribution in [2.75, 3.05) is 31.6 Å². The lowest BCUT2D eigenvalue weighted by molar-refractivity contribution is 0.375. The Bertz CT molecular complexity index is 389. The van der Waals surface area contributed by atoms with Crippen LogP contribution in [0.2, 0.25) is 0 Å². The normalized spacial score (nSPS) is 16.6. The highest BCUT2D eigenvalue weighted by atomic mass is 15.3. The number of nitrogens with zero attached hydrogens (tertiary/aromatic N) is 3. The number of aryl methyl sites for hydroxylation is 2. The molecule has 0 aliphatic carbocycles. The van der Waals surface area contributed by atoms with Gasteiger partial charge in [0.05, 0.1) is 0 Å². The third-order valence-electron chi connectivity index (χ3n) is 4.24. The largest absolute Gasteiger partial charge is 0.341 e. The molecule has 1 aliphatic rings. The van der Waals surface area contributed by atoms with Crippen molar-refractivity contribution in [1.82, 2.24) is 15.3 Å². The molecule has 0 saturated carbocycles. The van der Waals surface area contributed by atoms with Gasteiger partial charge in [0.2, 0.25) is 5.95 Å². The van der Waals surface area contributed by atoms with Crippen LogP contribution in [0.15, 0.2) is 6.07 Å². The van der Waals surface area contributed by atoms with Crippen LogP contribution in [0, 0.1) is 5.92 Å². The highest BCUT2D eigenvalue weighted by Crippen LogP contribution is 2.23. The van der Waals surface area contributed by atoms with Crippen LogP contribution in [0.3, 0.4) is 0 Å². The number of rotatable bonds is 6.